The van der Waals surface area contributed by atoms with E-state index in [1.165, 1.54) is 35.2 Å². The Morgan fingerprint density at radius 2 is 1.71 bits per heavy atom. The molecule has 0 bridgehead atoms. The zero-order valence-corrected chi connectivity index (χ0v) is 30.3. The number of nitrogens with zero attached hydrogens (tertiary/aromatic N) is 1. The highest BCUT2D eigenvalue weighted by molar-refractivity contribution is 5.81. The van der Waals surface area contributed by atoms with Crippen molar-refractivity contribution in [2.45, 2.75) is 118 Å². The largest absolute Gasteiger partial charge is 0.460 e. The maximum atomic E-state index is 14.6. The number of nitrogens with two attached hydrogens (primary N) is 1. The van der Waals surface area contributed by atoms with Crippen molar-refractivity contribution in [3.05, 3.63) is 76.7 Å². The SMILES string of the molecule is CC1(C)CC[C@]2(C(=O)OCc3ccccc3)CC[C@]3(C)C(=C(c4cc[nH]c4)CC4[C@@]5(C)Cc6c(N)n[nH]c6C(C)(C)[C@@H]5CC[C@]43C)[C@@H]2C1. The summed E-state index contributed by atoms with van der Waals surface area (Å²) >= 11 is 0. The summed E-state index contributed by atoms with van der Waals surface area (Å²) in [6.45, 7) is 17.9. The standard InChI is InChI=1S/C42H56N4O2/c1-37(2)16-18-42(36(47)48-25-26-11-9-8-10-12-26)19-17-41(7)33(30(42)23-37)28(27-14-20-44-24-27)21-32-39(5)22-29-34(45-46-35(29)43)38(3,4)31(39)13-15-40(32,41)6/h8-12,14,20,24,30-32,44H,13,15-19,21-23,25H2,1-7H3,(H3,43,45,46)/t30-,31-,32?,39-,40+,41+,42-/m0/s1. The topological polar surface area (TPSA) is 96.8 Å². The highest BCUT2D eigenvalue weighted by Gasteiger charge is 2.70. The Balaban J connectivity index is 1.28. The van der Waals surface area contributed by atoms with Crippen LogP contribution >= 0.6 is 0 Å². The Kier molecular flexibility index (Phi) is 6.90. The molecule has 6 nitrogen and oxygen atoms in total. The van der Waals surface area contributed by atoms with Gasteiger partial charge in [0.2, 0.25) is 0 Å². The molecule has 48 heavy (non-hydrogen) atoms. The highest BCUT2D eigenvalue weighted by Crippen LogP contribution is 2.77. The molecule has 2 aromatic heterocycles. The van der Waals surface area contributed by atoms with Crippen LogP contribution in [0.25, 0.3) is 5.57 Å². The first kappa shape index (κ1) is 32.0. The van der Waals surface area contributed by atoms with Gasteiger partial charge in [0.1, 0.15) is 12.4 Å². The molecule has 3 fully saturated rings. The van der Waals surface area contributed by atoms with Crippen LogP contribution in [0.2, 0.25) is 0 Å². The molecule has 1 aromatic carbocycles. The number of rotatable bonds is 4. The predicted molar refractivity (Wildman–Crippen MR) is 192 cm³/mol. The van der Waals surface area contributed by atoms with Crippen molar-refractivity contribution in [1.82, 2.24) is 15.2 Å². The second-order valence-corrected chi connectivity index (χ2v) is 18.6. The lowest BCUT2D eigenvalue weighted by Gasteiger charge is -2.71. The summed E-state index contributed by atoms with van der Waals surface area (Å²) in [6.07, 6.45) is 13.6. The van der Waals surface area contributed by atoms with Crippen molar-refractivity contribution in [1.29, 1.82) is 0 Å². The van der Waals surface area contributed by atoms with Crippen LogP contribution in [0.1, 0.15) is 122 Å². The Bertz CT molecular complexity index is 1770. The minimum Gasteiger partial charge on any atom is -0.460 e. The van der Waals surface area contributed by atoms with E-state index >= 15 is 0 Å². The predicted octanol–water partition coefficient (Wildman–Crippen LogP) is 9.41. The molecule has 3 aromatic rings. The number of H-pyrrole nitrogens is 2. The summed E-state index contributed by atoms with van der Waals surface area (Å²) in [7, 11) is 0. The van der Waals surface area contributed by atoms with E-state index in [0.717, 1.165) is 50.5 Å². The Hall–Kier alpha value is -3.28. The third kappa shape index (κ3) is 4.22. The first-order chi connectivity index (χ1) is 22.7. The van der Waals surface area contributed by atoms with E-state index < -0.39 is 5.41 Å². The van der Waals surface area contributed by atoms with Gasteiger partial charge in [-0.15, -0.1) is 0 Å². The maximum Gasteiger partial charge on any atom is 0.313 e. The fourth-order valence-electron chi connectivity index (χ4n) is 12.8. The van der Waals surface area contributed by atoms with Gasteiger partial charge >= 0.3 is 5.97 Å². The van der Waals surface area contributed by atoms with Crippen LogP contribution in [0.3, 0.4) is 0 Å². The normalized spacial score (nSPS) is 37.8. The number of ether oxygens (including phenoxy) is 1. The van der Waals surface area contributed by atoms with Crippen molar-refractivity contribution >= 4 is 17.4 Å². The smallest absolute Gasteiger partial charge is 0.313 e. The van der Waals surface area contributed by atoms with Crippen molar-refractivity contribution in [3.8, 4) is 0 Å². The molecule has 2 heterocycles. The zero-order chi connectivity index (χ0) is 33.9. The summed E-state index contributed by atoms with van der Waals surface area (Å²) in [5, 5.41) is 7.93. The monoisotopic (exact) mass is 648 g/mol. The van der Waals surface area contributed by atoms with Gasteiger partial charge in [0.05, 0.1) is 5.41 Å². The van der Waals surface area contributed by atoms with Gasteiger partial charge in [-0.3, -0.25) is 9.89 Å². The molecule has 0 amide bonds. The van der Waals surface area contributed by atoms with E-state index in [4.69, 9.17) is 10.5 Å². The van der Waals surface area contributed by atoms with E-state index in [1.807, 2.05) is 18.2 Å². The fraction of sp³-hybridized carbons (Fsp3) is 0.619. The number of nitrogen functional groups attached to an aromatic ring is 1. The van der Waals surface area contributed by atoms with Crippen LogP contribution in [0.5, 0.6) is 0 Å². The van der Waals surface area contributed by atoms with E-state index in [2.05, 4.69) is 94.2 Å². The molecule has 5 aliphatic carbocycles. The molecule has 256 valence electrons. The number of benzene rings is 1. The van der Waals surface area contributed by atoms with Crippen molar-refractivity contribution in [3.63, 3.8) is 0 Å². The molecule has 3 saturated carbocycles. The molecule has 0 saturated heterocycles. The second kappa shape index (κ2) is 10.4. The molecule has 0 aliphatic heterocycles. The summed E-state index contributed by atoms with van der Waals surface area (Å²) in [4.78, 5) is 18.1. The summed E-state index contributed by atoms with van der Waals surface area (Å²) in [6, 6.07) is 12.5. The third-order valence-electron chi connectivity index (χ3n) is 15.5. The summed E-state index contributed by atoms with van der Waals surface area (Å²) < 4.78 is 6.32. The van der Waals surface area contributed by atoms with Gasteiger partial charge in [0.15, 0.2) is 0 Å². The zero-order valence-electron chi connectivity index (χ0n) is 30.3. The van der Waals surface area contributed by atoms with Crippen molar-refractivity contribution in [2.75, 3.05) is 5.73 Å². The first-order valence-electron chi connectivity index (χ1n) is 18.6. The van der Waals surface area contributed by atoms with Crippen LogP contribution in [0.15, 0.2) is 54.4 Å². The molecule has 0 radical (unpaired) electrons. The van der Waals surface area contributed by atoms with Crippen molar-refractivity contribution in [2.24, 2.45) is 44.8 Å². The maximum absolute atomic E-state index is 14.6. The van der Waals surface area contributed by atoms with Gasteiger partial charge in [0, 0.05) is 29.1 Å². The number of carbonyl (C=O) groups excluding carboxylic acids is 1. The second-order valence-electron chi connectivity index (χ2n) is 18.6. The lowest BCUT2D eigenvalue weighted by atomic mass is 9.33. The van der Waals surface area contributed by atoms with Crippen LogP contribution in [0.4, 0.5) is 5.82 Å². The van der Waals surface area contributed by atoms with Gasteiger partial charge in [0.25, 0.3) is 0 Å². The molecule has 8 rings (SSSR count). The number of aromatic amines is 2. The van der Waals surface area contributed by atoms with Crippen LogP contribution in [-0.4, -0.2) is 21.2 Å². The lowest BCUT2D eigenvalue weighted by Crippen LogP contribution is -2.65. The highest BCUT2D eigenvalue weighted by atomic mass is 16.5. The molecule has 5 aliphatic rings. The quantitative estimate of drug-likeness (QED) is 0.246. The molecular weight excluding hydrogens is 592 g/mol. The lowest BCUT2D eigenvalue weighted by molar-refractivity contribution is -0.181. The molecular formula is C42H56N4O2. The number of fused-ring (bicyclic) bond motifs is 8. The number of carbonyl (C=O) groups is 1. The van der Waals surface area contributed by atoms with E-state index in [0.29, 0.717) is 24.3 Å². The Labute approximate surface area is 287 Å². The van der Waals surface area contributed by atoms with Gasteiger partial charge in [-0.2, -0.15) is 5.10 Å². The number of hydrogen-bond acceptors (Lipinski definition) is 4. The first-order valence-corrected chi connectivity index (χ1v) is 18.6. The number of anilines is 1. The molecule has 6 heteroatoms. The number of esters is 1. The molecule has 7 atom stereocenters. The molecule has 0 spiro atoms. The number of allylic oxidation sites excluding steroid dienone is 2. The van der Waals surface area contributed by atoms with Gasteiger partial charge in [-0.1, -0.05) is 84.4 Å². The number of aromatic nitrogens is 3. The van der Waals surface area contributed by atoms with Crippen LogP contribution < -0.4 is 5.73 Å². The Morgan fingerprint density at radius 3 is 2.44 bits per heavy atom. The average molecular weight is 649 g/mol. The third-order valence-corrected chi connectivity index (χ3v) is 15.5. The van der Waals surface area contributed by atoms with Crippen LogP contribution in [0, 0.1) is 44.8 Å². The van der Waals surface area contributed by atoms with Gasteiger partial charge < -0.3 is 15.5 Å². The molecule has 1 unspecified atom stereocenters. The molecule has 4 N–H and O–H groups in total. The van der Waals surface area contributed by atoms with Gasteiger partial charge in [-0.05, 0) is 120 Å². The number of hydrogen-bond donors (Lipinski definition) is 3. The number of nitrogens with one attached hydrogen (secondary N) is 2. The van der Waals surface area contributed by atoms with Crippen LogP contribution in [-0.2, 0) is 28.0 Å². The van der Waals surface area contributed by atoms with Gasteiger partial charge in [-0.25, -0.2) is 0 Å². The van der Waals surface area contributed by atoms with E-state index in [-0.39, 0.29) is 39.0 Å². The Morgan fingerprint density at radius 1 is 0.958 bits per heavy atom. The van der Waals surface area contributed by atoms with Crippen molar-refractivity contribution < 1.29 is 9.53 Å². The fourth-order valence-corrected chi connectivity index (χ4v) is 12.8. The minimum atomic E-state index is -0.488. The van der Waals surface area contributed by atoms with E-state index in [9.17, 15) is 4.79 Å². The summed E-state index contributed by atoms with van der Waals surface area (Å²) in [5.41, 5.74) is 14.3. The average Bonchev–Trinajstić information content (AvgIpc) is 3.71. The van der Waals surface area contributed by atoms with E-state index in [1.54, 1.807) is 5.57 Å². The summed E-state index contributed by atoms with van der Waals surface area (Å²) in [5.74, 6) is 1.86. The minimum absolute atomic E-state index is 0.0229.